The third-order valence-electron chi connectivity index (χ3n) is 10.5. The number of rotatable bonds is 14. The van der Waals surface area contributed by atoms with E-state index >= 15 is 0 Å². The first-order valence-corrected chi connectivity index (χ1v) is 19.9. The summed E-state index contributed by atoms with van der Waals surface area (Å²) in [6, 6.07) is 21.6. The van der Waals surface area contributed by atoms with Crippen molar-refractivity contribution in [3.8, 4) is 23.0 Å². The number of nitrogens with zero attached hydrogens (tertiary/aromatic N) is 1. The third-order valence-corrected chi connectivity index (χ3v) is 10.8. The smallest absolute Gasteiger partial charge is 0.408 e. The Labute approximate surface area is 349 Å². The molecule has 0 aliphatic carbocycles. The largest absolute Gasteiger partial charge is 0.493 e. The number of amides is 2. The molecule has 3 atom stereocenters. The van der Waals surface area contributed by atoms with Gasteiger partial charge in [-0.2, -0.15) is 0 Å². The van der Waals surface area contributed by atoms with E-state index in [2.05, 4.69) is 15.5 Å². The number of carbonyl (C=O) groups is 4. The number of alkyl carbamates (subject to hydrolysis) is 2. The molecule has 0 fully saturated rings. The van der Waals surface area contributed by atoms with Crippen molar-refractivity contribution >= 4 is 35.7 Å². The van der Waals surface area contributed by atoms with Crippen LogP contribution >= 0.6 is 11.6 Å². The van der Waals surface area contributed by atoms with Crippen molar-refractivity contribution in [3.63, 3.8) is 0 Å². The molecule has 312 valence electrons. The van der Waals surface area contributed by atoms with Gasteiger partial charge in [-0.3, -0.25) is 4.90 Å². The van der Waals surface area contributed by atoms with Crippen molar-refractivity contribution in [1.29, 1.82) is 0 Å². The lowest BCUT2D eigenvalue weighted by Gasteiger charge is -2.42. The van der Waals surface area contributed by atoms with E-state index in [-0.39, 0.29) is 48.3 Å². The van der Waals surface area contributed by atoms with Crippen LogP contribution in [0.2, 0.25) is 5.02 Å². The zero-order valence-electron chi connectivity index (χ0n) is 34.0. The number of methoxy groups -OCH3 is 2. The highest BCUT2D eigenvalue weighted by atomic mass is 35.5. The van der Waals surface area contributed by atoms with Gasteiger partial charge in [0, 0.05) is 35.8 Å². The first kappa shape index (κ1) is 42.8. The van der Waals surface area contributed by atoms with Crippen molar-refractivity contribution in [2.75, 3.05) is 20.8 Å². The lowest BCUT2D eigenvalue weighted by molar-refractivity contribution is -0.138. The van der Waals surface area contributed by atoms with Gasteiger partial charge in [-0.25, -0.2) is 19.2 Å². The number of carbonyl (C=O) groups excluding carboxylic acids is 4. The van der Waals surface area contributed by atoms with Crippen LogP contribution in [0.5, 0.6) is 23.0 Å². The van der Waals surface area contributed by atoms with Gasteiger partial charge in [0.25, 0.3) is 0 Å². The van der Waals surface area contributed by atoms with Crippen molar-refractivity contribution in [2.45, 2.75) is 78.4 Å². The quantitative estimate of drug-likeness (QED) is 0.0950. The topological polar surface area (TPSA) is 151 Å². The van der Waals surface area contributed by atoms with Crippen LogP contribution in [-0.4, -0.2) is 61.9 Å². The Morgan fingerprint density at radius 3 is 1.78 bits per heavy atom. The second kappa shape index (κ2) is 19.3. The molecule has 1 unspecified atom stereocenters. The molecule has 2 heterocycles. The number of esters is 2. The van der Waals surface area contributed by atoms with E-state index in [4.69, 9.17) is 40.0 Å². The molecule has 0 saturated heterocycles. The van der Waals surface area contributed by atoms with E-state index in [1.54, 1.807) is 33.8 Å². The van der Waals surface area contributed by atoms with Crippen LogP contribution in [0.4, 0.5) is 9.59 Å². The highest BCUT2D eigenvalue weighted by molar-refractivity contribution is 6.31. The van der Waals surface area contributed by atoms with Gasteiger partial charge >= 0.3 is 24.1 Å². The highest BCUT2D eigenvalue weighted by Crippen LogP contribution is 2.48. The van der Waals surface area contributed by atoms with Gasteiger partial charge in [0.05, 0.1) is 14.2 Å². The molecule has 4 aromatic carbocycles. The van der Waals surface area contributed by atoms with Gasteiger partial charge in [-0.15, -0.1) is 0 Å². The lowest BCUT2D eigenvalue weighted by Crippen LogP contribution is -2.47. The van der Waals surface area contributed by atoms with Gasteiger partial charge < -0.3 is 39.1 Å². The summed E-state index contributed by atoms with van der Waals surface area (Å²) >= 11 is 6.92. The molecule has 4 aromatic rings. The summed E-state index contributed by atoms with van der Waals surface area (Å²) in [5.41, 5.74) is 5.04. The lowest BCUT2D eigenvalue weighted by atomic mass is 9.83. The Bertz CT molecular complexity index is 2150. The van der Waals surface area contributed by atoms with Crippen LogP contribution in [0.15, 0.2) is 78.9 Å². The monoisotopic (exact) mass is 827 g/mol. The predicted octanol–water partition coefficient (Wildman–Crippen LogP) is 7.73. The molecule has 2 aliphatic heterocycles. The Morgan fingerprint density at radius 2 is 1.25 bits per heavy atom. The van der Waals surface area contributed by atoms with Crippen LogP contribution in [0.1, 0.15) is 67.1 Å². The SMILES string of the molecule is COc1cc2c(cc1OC(=O)[C@@H](NC(=O)OCc1ccccc1)C(C)C)C1Cc3c(Cl)cc(OC)c(OC(=O)[C@@H](NC(=O)OCc4ccccc4)C(C)C)c3CN1CC2. The molecule has 14 heteroatoms. The number of hydrogen-bond donors (Lipinski definition) is 2. The molecule has 59 heavy (non-hydrogen) atoms. The van der Waals surface area contributed by atoms with Crippen molar-refractivity contribution in [3.05, 3.63) is 117 Å². The molecule has 0 spiro atoms. The van der Waals surface area contributed by atoms with E-state index in [9.17, 15) is 19.2 Å². The number of hydrogen-bond acceptors (Lipinski definition) is 11. The average Bonchev–Trinajstić information content (AvgIpc) is 3.23. The third kappa shape index (κ3) is 10.3. The van der Waals surface area contributed by atoms with Gasteiger partial charge in [0.15, 0.2) is 23.0 Å². The Hall–Kier alpha value is -5.79. The molecule has 2 aliphatic rings. The Balaban J connectivity index is 1.20. The van der Waals surface area contributed by atoms with E-state index in [0.29, 0.717) is 42.3 Å². The molecule has 0 bridgehead atoms. The summed E-state index contributed by atoms with van der Waals surface area (Å²) < 4.78 is 34.2. The zero-order chi connectivity index (χ0) is 42.2. The summed E-state index contributed by atoms with van der Waals surface area (Å²) in [6.07, 6.45) is -0.388. The normalized spacial score (nSPS) is 15.4. The average molecular weight is 828 g/mol. The highest BCUT2D eigenvalue weighted by Gasteiger charge is 2.38. The van der Waals surface area contributed by atoms with E-state index in [0.717, 1.165) is 27.8 Å². The molecule has 0 aromatic heterocycles. The zero-order valence-corrected chi connectivity index (χ0v) is 34.8. The van der Waals surface area contributed by atoms with Gasteiger partial charge in [-0.1, -0.05) is 100.0 Å². The summed E-state index contributed by atoms with van der Waals surface area (Å²) in [7, 11) is 2.98. The molecular weight excluding hydrogens is 778 g/mol. The first-order valence-electron chi connectivity index (χ1n) is 19.6. The number of benzene rings is 4. The number of ether oxygens (including phenoxy) is 6. The maximum Gasteiger partial charge on any atom is 0.408 e. The number of nitrogens with one attached hydrogen (secondary N) is 2. The molecule has 6 rings (SSSR count). The minimum atomic E-state index is -1.02. The minimum Gasteiger partial charge on any atom is -0.493 e. The van der Waals surface area contributed by atoms with Gasteiger partial charge in [-0.05, 0) is 64.6 Å². The summed E-state index contributed by atoms with van der Waals surface area (Å²) in [4.78, 5) is 55.2. The van der Waals surface area contributed by atoms with Crippen molar-refractivity contribution in [1.82, 2.24) is 15.5 Å². The minimum absolute atomic E-state index is 0.0452. The number of halogens is 1. The molecular formula is C45H50ClN3O10. The van der Waals surface area contributed by atoms with E-state index in [1.807, 2.05) is 72.8 Å². The Kier molecular flexibility index (Phi) is 14.0. The van der Waals surface area contributed by atoms with Crippen LogP contribution in [-0.2, 0) is 51.7 Å². The molecule has 0 radical (unpaired) electrons. The Morgan fingerprint density at radius 1 is 0.712 bits per heavy atom. The van der Waals surface area contributed by atoms with Gasteiger partial charge in [0.2, 0.25) is 0 Å². The molecule has 2 amide bonds. The summed E-state index contributed by atoms with van der Waals surface area (Å²) in [5, 5.41) is 5.77. The molecule has 2 N–H and O–H groups in total. The predicted molar refractivity (Wildman–Crippen MR) is 220 cm³/mol. The maximum absolute atomic E-state index is 13.8. The van der Waals surface area contributed by atoms with E-state index in [1.165, 1.54) is 14.2 Å². The van der Waals surface area contributed by atoms with Crippen molar-refractivity contribution in [2.24, 2.45) is 11.8 Å². The fourth-order valence-corrected chi connectivity index (χ4v) is 7.58. The first-order chi connectivity index (χ1) is 28.4. The van der Waals surface area contributed by atoms with E-state index < -0.39 is 36.2 Å². The standard InChI is InChI=1S/C45H50ClN3O10/c1-26(2)39(47-44(52)56-24-28-13-9-7-10-14-28)42(50)58-37-21-31-30(19-36(37)54-5)17-18-49-23-33-32(20-35(31)49)34(46)22-38(55-6)41(33)59-43(51)40(27(3)4)48-45(53)57-25-29-15-11-8-12-16-29/h7-16,19,21-22,26-27,35,39-40H,17-18,20,23-25H2,1-6H3,(H,47,52)(H,48,53)/t35?,39-,40-/m0/s1. The van der Waals surface area contributed by atoms with Crippen LogP contribution in [0.25, 0.3) is 0 Å². The van der Waals surface area contributed by atoms with Gasteiger partial charge in [0.1, 0.15) is 25.3 Å². The fourth-order valence-electron chi connectivity index (χ4n) is 7.29. The fraction of sp³-hybridized carbons (Fsp3) is 0.378. The summed E-state index contributed by atoms with van der Waals surface area (Å²) in [6.45, 7) is 8.33. The van der Waals surface area contributed by atoms with Crippen molar-refractivity contribution < 1.29 is 47.6 Å². The second-order valence-corrected chi connectivity index (χ2v) is 15.6. The second-order valence-electron chi connectivity index (χ2n) is 15.2. The number of fused-ring (bicyclic) bond motifs is 4. The molecule has 13 nitrogen and oxygen atoms in total. The van der Waals surface area contributed by atoms with Crippen LogP contribution < -0.4 is 29.6 Å². The molecule has 0 saturated carbocycles. The van der Waals surface area contributed by atoms with Crippen LogP contribution in [0, 0.1) is 11.8 Å². The summed E-state index contributed by atoms with van der Waals surface area (Å²) in [5.74, 6) is -0.899. The maximum atomic E-state index is 13.8. The van der Waals surface area contributed by atoms with Crippen LogP contribution in [0.3, 0.4) is 0 Å².